The minimum Gasteiger partial charge on any atom is -0.389 e. The molecule has 0 amide bonds. The van der Waals surface area contributed by atoms with Crippen molar-refractivity contribution >= 4 is 17.2 Å². The van der Waals surface area contributed by atoms with Gasteiger partial charge in [0.25, 0.3) is 0 Å². The van der Waals surface area contributed by atoms with Crippen molar-refractivity contribution in [1.29, 1.82) is 0 Å². The molecule has 2 rings (SSSR count). The maximum Gasteiger partial charge on any atom is 0.133 e. The van der Waals surface area contributed by atoms with Gasteiger partial charge in [-0.3, -0.25) is 4.90 Å². The van der Waals surface area contributed by atoms with E-state index in [1.165, 1.54) is 25.3 Å². The first-order valence-corrected chi connectivity index (χ1v) is 6.85. The molecule has 0 spiro atoms. The minimum absolute atomic E-state index is 0.128. The lowest BCUT2D eigenvalue weighted by atomic mass is 10.1. The van der Waals surface area contributed by atoms with Crippen molar-refractivity contribution in [2.75, 3.05) is 6.54 Å². The molecular formula is C14H19FN2S. The summed E-state index contributed by atoms with van der Waals surface area (Å²) >= 11 is 4.86. The van der Waals surface area contributed by atoms with E-state index in [4.69, 9.17) is 18.0 Å². The van der Waals surface area contributed by atoms with Gasteiger partial charge in [-0.2, -0.15) is 0 Å². The summed E-state index contributed by atoms with van der Waals surface area (Å²) in [5.74, 6) is -0.334. The van der Waals surface area contributed by atoms with E-state index in [1.807, 2.05) is 6.07 Å². The van der Waals surface area contributed by atoms with Gasteiger partial charge in [-0.15, -0.1) is 0 Å². The lowest BCUT2D eigenvalue weighted by molar-refractivity contribution is 0.240. The number of nitrogens with two attached hydrogens (primary N) is 1. The van der Waals surface area contributed by atoms with Gasteiger partial charge in [-0.05, 0) is 43.5 Å². The van der Waals surface area contributed by atoms with E-state index in [0.717, 1.165) is 18.7 Å². The van der Waals surface area contributed by atoms with Gasteiger partial charge in [0.1, 0.15) is 10.8 Å². The van der Waals surface area contributed by atoms with Crippen molar-refractivity contribution in [2.45, 2.75) is 38.8 Å². The number of hydrogen-bond donors (Lipinski definition) is 1. The predicted molar refractivity (Wildman–Crippen MR) is 76.0 cm³/mol. The molecule has 0 saturated carbocycles. The second-order valence-electron chi connectivity index (χ2n) is 4.85. The summed E-state index contributed by atoms with van der Waals surface area (Å²) in [5, 5.41) is 0. The molecule has 0 radical (unpaired) electrons. The van der Waals surface area contributed by atoms with Gasteiger partial charge in [0.2, 0.25) is 0 Å². The third-order valence-electron chi connectivity index (χ3n) is 3.65. The SMILES string of the molecule is CCC1CCCN1Cc1ccc(F)c(C(N)=S)c1. The highest BCUT2D eigenvalue weighted by Gasteiger charge is 2.22. The highest BCUT2D eigenvalue weighted by Crippen LogP contribution is 2.23. The van der Waals surface area contributed by atoms with Crippen LogP contribution in [0.25, 0.3) is 0 Å². The lowest BCUT2D eigenvalue weighted by Gasteiger charge is -2.23. The van der Waals surface area contributed by atoms with E-state index in [0.29, 0.717) is 11.6 Å². The van der Waals surface area contributed by atoms with Gasteiger partial charge >= 0.3 is 0 Å². The molecule has 2 N–H and O–H groups in total. The van der Waals surface area contributed by atoms with Crippen molar-refractivity contribution in [3.63, 3.8) is 0 Å². The molecule has 2 nitrogen and oxygen atoms in total. The lowest BCUT2D eigenvalue weighted by Crippen LogP contribution is -2.28. The first kappa shape index (κ1) is 13.4. The van der Waals surface area contributed by atoms with Crippen LogP contribution in [0.3, 0.4) is 0 Å². The molecule has 1 aliphatic heterocycles. The standard InChI is InChI=1S/C14H19FN2S/c1-2-11-4-3-7-17(11)9-10-5-6-13(15)12(8-10)14(16)18/h5-6,8,11H,2-4,7,9H2,1H3,(H2,16,18). The molecule has 1 saturated heterocycles. The van der Waals surface area contributed by atoms with E-state index < -0.39 is 0 Å². The van der Waals surface area contributed by atoms with Crippen LogP contribution < -0.4 is 5.73 Å². The van der Waals surface area contributed by atoms with E-state index in [9.17, 15) is 4.39 Å². The third kappa shape index (κ3) is 2.87. The largest absolute Gasteiger partial charge is 0.389 e. The normalized spacial score (nSPS) is 20.2. The highest BCUT2D eigenvalue weighted by atomic mass is 32.1. The molecule has 1 heterocycles. The van der Waals surface area contributed by atoms with Crippen LogP contribution in [0.4, 0.5) is 4.39 Å². The van der Waals surface area contributed by atoms with Gasteiger partial charge in [-0.1, -0.05) is 25.2 Å². The van der Waals surface area contributed by atoms with E-state index in [-0.39, 0.29) is 10.8 Å². The van der Waals surface area contributed by atoms with E-state index in [2.05, 4.69) is 11.8 Å². The van der Waals surface area contributed by atoms with Crippen LogP contribution in [0.15, 0.2) is 18.2 Å². The molecule has 1 aromatic carbocycles. The fourth-order valence-corrected chi connectivity index (χ4v) is 2.82. The monoisotopic (exact) mass is 266 g/mol. The zero-order valence-corrected chi connectivity index (χ0v) is 11.5. The Morgan fingerprint density at radius 2 is 2.33 bits per heavy atom. The molecule has 1 fully saturated rings. The predicted octanol–water partition coefficient (Wildman–Crippen LogP) is 2.83. The molecule has 0 aliphatic carbocycles. The molecule has 1 unspecified atom stereocenters. The number of hydrogen-bond acceptors (Lipinski definition) is 2. The smallest absolute Gasteiger partial charge is 0.133 e. The van der Waals surface area contributed by atoms with Crippen LogP contribution in [0, 0.1) is 5.82 Å². The number of halogens is 1. The zero-order valence-electron chi connectivity index (χ0n) is 10.7. The van der Waals surface area contributed by atoms with E-state index >= 15 is 0 Å². The second kappa shape index (κ2) is 5.76. The number of rotatable bonds is 4. The van der Waals surface area contributed by atoms with Crippen LogP contribution in [0.1, 0.15) is 37.3 Å². The Labute approximate surface area is 113 Å². The fourth-order valence-electron chi connectivity index (χ4n) is 2.66. The summed E-state index contributed by atoms with van der Waals surface area (Å²) in [4.78, 5) is 2.58. The van der Waals surface area contributed by atoms with Gasteiger partial charge in [-0.25, -0.2) is 4.39 Å². The summed E-state index contributed by atoms with van der Waals surface area (Å²) in [6, 6.07) is 5.72. The molecule has 18 heavy (non-hydrogen) atoms. The first-order valence-electron chi connectivity index (χ1n) is 6.44. The highest BCUT2D eigenvalue weighted by molar-refractivity contribution is 7.80. The Bertz CT molecular complexity index is 447. The van der Waals surface area contributed by atoms with Gasteiger partial charge in [0.15, 0.2) is 0 Å². The fraction of sp³-hybridized carbons (Fsp3) is 0.500. The van der Waals surface area contributed by atoms with Crippen molar-refractivity contribution < 1.29 is 4.39 Å². The maximum absolute atomic E-state index is 13.5. The molecule has 1 aromatic rings. The Kier molecular flexibility index (Phi) is 4.30. The number of thiocarbonyl (C=S) groups is 1. The summed E-state index contributed by atoms with van der Waals surface area (Å²) in [7, 11) is 0. The molecule has 98 valence electrons. The third-order valence-corrected chi connectivity index (χ3v) is 3.87. The van der Waals surface area contributed by atoms with Crippen LogP contribution in [-0.2, 0) is 6.54 Å². The average molecular weight is 266 g/mol. The van der Waals surface area contributed by atoms with Crippen molar-refractivity contribution in [3.8, 4) is 0 Å². The molecule has 4 heteroatoms. The van der Waals surface area contributed by atoms with Crippen LogP contribution in [0.5, 0.6) is 0 Å². The van der Waals surface area contributed by atoms with Gasteiger partial charge in [0.05, 0.1) is 0 Å². The molecule has 1 aliphatic rings. The van der Waals surface area contributed by atoms with Crippen LogP contribution in [-0.4, -0.2) is 22.5 Å². The number of nitrogens with zero attached hydrogens (tertiary/aromatic N) is 1. The van der Waals surface area contributed by atoms with Crippen LogP contribution in [0.2, 0.25) is 0 Å². The minimum atomic E-state index is -0.334. The van der Waals surface area contributed by atoms with Gasteiger partial charge < -0.3 is 5.73 Å². The maximum atomic E-state index is 13.5. The topological polar surface area (TPSA) is 29.3 Å². The van der Waals surface area contributed by atoms with Crippen LogP contribution >= 0.6 is 12.2 Å². The number of likely N-dealkylation sites (tertiary alicyclic amines) is 1. The summed E-state index contributed by atoms with van der Waals surface area (Å²) in [6.45, 7) is 4.20. The first-order chi connectivity index (χ1) is 8.61. The van der Waals surface area contributed by atoms with E-state index in [1.54, 1.807) is 6.07 Å². The van der Waals surface area contributed by atoms with Gasteiger partial charge in [0, 0.05) is 18.2 Å². The second-order valence-corrected chi connectivity index (χ2v) is 5.29. The zero-order chi connectivity index (χ0) is 13.1. The Morgan fingerprint density at radius 1 is 1.56 bits per heavy atom. The van der Waals surface area contributed by atoms with Crippen molar-refractivity contribution in [3.05, 3.63) is 35.1 Å². The Hall–Kier alpha value is -1.00. The summed E-state index contributed by atoms with van der Waals surface area (Å²) < 4.78 is 13.5. The average Bonchev–Trinajstić information content (AvgIpc) is 2.78. The van der Waals surface area contributed by atoms with Crippen molar-refractivity contribution in [2.24, 2.45) is 5.73 Å². The molecule has 0 aromatic heterocycles. The van der Waals surface area contributed by atoms with Crippen molar-refractivity contribution in [1.82, 2.24) is 4.90 Å². The number of benzene rings is 1. The molecule has 1 atom stereocenters. The summed E-state index contributed by atoms with van der Waals surface area (Å²) in [5.41, 5.74) is 6.96. The quantitative estimate of drug-likeness (QED) is 0.850. The Morgan fingerprint density at radius 3 is 3.00 bits per heavy atom. The Balaban J connectivity index is 2.14. The summed E-state index contributed by atoms with van der Waals surface area (Å²) in [6.07, 6.45) is 3.69. The molecule has 0 bridgehead atoms. The molecular weight excluding hydrogens is 247 g/mol.